The zero-order valence-corrected chi connectivity index (χ0v) is 18.0. The third kappa shape index (κ3) is 3.27. The Labute approximate surface area is 187 Å². The number of hydrogen-bond acceptors (Lipinski definition) is 5. The van der Waals surface area contributed by atoms with Crippen LogP contribution in [0.5, 0.6) is 0 Å². The molecule has 2 aromatic heterocycles. The second kappa shape index (κ2) is 7.69. The fraction of sp³-hybridized carbons (Fsp3) is 0.0870. The monoisotopic (exact) mass is 444 g/mol. The van der Waals surface area contributed by atoms with E-state index in [0.717, 1.165) is 17.0 Å². The second-order valence-electron chi connectivity index (χ2n) is 7.28. The summed E-state index contributed by atoms with van der Waals surface area (Å²) in [5.41, 5.74) is 3.62. The van der Waals surface area contributed by atoms with Crippen molar-refractivity contribution in [3.8, 4) is 5.69 Å². The number of amidine groups is 2. The molecule has 0 radical (unpaired) electrons. The number of hydrogen-bond donors (Lipinski definition) is 1. The molecule has 158 valence electrons. The minimum Gasteiger partial charge on any atom is -0.315 e. The summed E-state index contributed by atoms with van der Waals surface area (Å²) in [7, 11) is 0. The molecule has 1 aromatic carbocycles. The van der Waals surface area contributed by atoms with Gasteiger partial charge in [-0.2, -0.15) is 15.1 Å². The molecule has 0 saturated heterocycles. The standard InChI is InChI=1S/C23H17FN6OS/c1-13-10-16(14(2)29(13)19-8-4-3-7-18(19)24)11-17-20(25)30-23(27-21(17)31)32-22(28-30)15-6-5-9-26-12-15/h3-12,25H,1-2H3/b17-11+,25-20?. The highest BCUT2D eigenvalue weighted by atomic mass is 32.2. The number of aliphatic imine (C=N–C) groups is 1. The molecule has 1 N–H and O–H groups in total. The van der Waals surface area contributed by atoms with E-state index in [1.54, 1.807) is 47.3 Å². The van der Waals surface area contributed by atoms with Gasteiger partial charge in [0.25, 0.3) is 5.91 Å². The van der Waals surface area contributed by atoms with Crippen LogP contribution in [0, 0.1) is 25.1 Å². The number of halogens is 1. The van der Waals surface area contributed by atoms with Crippen LogP contribution in [-0.4, -0.2) is 36.5 Å². The first-order chi connectivity index (χ1) is 15.4. The highest BCUT2D eigenvalue weighted by Gasteiger charge is 2.36. The lowest BCUT2D eigenvalue weighted by Gasteiger charge is -2.20. The topological polar surface area (TPSA) is 86.7 Å². The number of carbonyl (C=O) groups excluding carboxylic acids is 1. The van der Waals surface area contributed by atoms with Gasteiger partial charge in [-0.25, -0.2) is 4.39 Å². The molecule has 0 saturated carbocycles. The molecule has 2 aliphatic rings. The van der Waals surface area contributed by atoms with Crippen LogP contribution in [0.25, 0.3) is 11.8 Å². The Hall–Kier alpha value is -3.85. The highest BCUT2D eigenvalue weighted by Crippen LogP contribution is 2.31. The number of pyridine rings is 1. The van der Waals surface area contributed by atoms with Crippen molar-refractivity contribution >= 4 is 39.8 Å². The fourth-order valence-corrected chi connectivity index (χ4v) is 4.57. The number of rotatable bonds is 3. The summed E-state index contributed by atoms with van der Waals surface area (Å²) in [6.45, 7) is 3.72. The van der Waals surface area contributed by atoms with E-state index in [1.807, 2.05) is 26.0 Å². The van der Waals surface area contributed by atoms with Crippen molar-refractivity contribution in [1.29, 1.82) is 5.41 Å². The van der Waals surface area contributed by atoms with Crippen molar-refractivity contribution in [3.63, 3.8) is 0 Å². The van der Waals surface area contributed by atoms with Crippen LogP contribution in [0.3, 0.4) is 0 Å². The number of carbonyl (C=O) groups is 1. The van der Waals surface area contributed by atoms with Gasteiger partial charge in [-0.3, -0.25) is 15.2 Å². The third-order valence-corrected chi connectivity index (χ3v) is 6.18. The van der Waals surface area contributed by atoms with Crippen molar-refractivity contribution < 1.29 is 9.18 Å². The van der Waals surface area contributed by atoms with Gasteiger partial charge in [0.1, 0.15) is 10.9 Å². The first-order valence-corrected chi connectivity index (χ1v) is 10.6. The normalized spacial score (nSPS) is 17.0. The van der Waals surface area contributed by atoms with Crippen LogP contribution in [0.4, 0.5) is 4.39 Å². The van der Waals surface area contributed by atoms with Crippen LogP contribution < -0.4 is 0 Å². The van der Waals surface area contributed by atoms with E-state index >= 15 is 0 Å². The first-order valence-electron chi connectivity index (χ1n) is 9.78. The predicted molar refractivity (Wildman–Crippen MR) is 124 cm³/mol. The van der Waals surface area contributed by atoms with Gasteiger partial charge in [0.2, 0.25) is 5.17 Å². The number of benzene rings is 1. The molecule has 3 aromatic rings. The van der Waals surface area contributed by atoms with Crippen LogP contribution in [0.2, 0.25) is 0 Å². The first kappa shape index (κ1) is 20.1. The highest BCUT2D eigenvalue weighted by molar-refractivity contribution is 8.27. The van der Waals surface area contributed by atoms with Gasteiger partial charge >= 0.3 is 0 Å². The molecule has 0 fully saturated rings. The lowest BCUT2D eigenvalue weighted by Crippen LogP contribution is -2.35. The Kier molecular flexibility index (Phi) is 4.82. The molecular formula is C23H17FN6OS. The number of aromatic nitrogens is 2. The number of aryl methyl sites for hydroxylation is 1. The fourth-order valence-electron chi connectivity index (χ4n) is 3.69. The second-order valence-corrected chi connectivity index (χ2v) is 8.24. The van der Waals surface area contributed by atoms with Gasteiger partial charge in [-0.05, 0) is 67.6 Å². The lowest BCUT2D eigenvalue weighted by atomic mass is 10.1. The van der Waals surface area contributed by atoms with Crippen molar-refractivity contribution in [2.24, 2.45) is 10.1 Å². The molecule has 0 unspecified atom stereocenters. The molecule has 5 rings (SSSR count). The number of nitrogens with zero attached hydrogens (tertiary/aromatic N) is 5. The Morgan fingerprint density at radius 1 is 1.16 bits per heavy atom. The molecule has 0 spiro atoms. The maximum Gasteiger partial charge on any atom is 0.283 e. The SMILES string of the molecule is Cc1cc(/C=C2\C(=N)N3N=C(c4cccnc4)SC3=NC2=O)c(C)n1-c1ccccc1F. The minimum atomic E-state index is -0.507. The molecule has 0 atom stereocenters. The van der Waals surface area contributed by atoms with E-state index in [-0.39, 0.29) is 17.2 Å². The molecule has 32 heavy (non-hydrogen) atoms. The Bertz CT molecular complexity index is 1370. The smallest absolute Gasteiger partial charge is 0.283 e. The molecule has 9 heteroatoms. The van der Waals surface area contributed by atoms with E-state index in [9.17, 15) is 9.18 Å². The van der Waals surface area contributed by atoms with Crippen LogP contribution in [0.1, 0.15) is 22.5 Å². The molecular weight excluding hydrogens is 427 g/mol. The number of hydrazone groups is 1. The number of para-hydroxylation sites is 1. The molecule has 2 aliphatic heterocycles. The zero-order chi connectivity index (χ0) is 22.4. The van der Waals surface area contributed by atoms with Gasteiger partial charge < -0.3 is 4.57 Å². The van der Waals surface area contributed by atoms with Gasteiger partial charge in [0, 0.05) is 29.3 Å². The van der Waals surface area contributed by atoms with E-state index in [2.05, 4.69) is 15.1 Å². The van der Waals surface area contributed by atoms with Crippen molar-refractivity contribution in [3.05, 3.63) is 88.8 Å². The lowest BCUT2D eigenvalue weighted by molar-refractivity contribution is -0.114. The molecule has 0 bridgehead atoms. The largest absolute Gasteiger partial charge is 0.315 e. The zero-order valence-electron chi connectivity index (χ0n) is 17.2. The summed E-state index contributed by atoms with van der Waals surface area (Å²) in [5.74, 6) is -0.898. The number of thioether (sulfide) groups is 1. The Morgan fingerprint density at radius 2 is 1.97 bits per heavy atom. The van der Waals surface area contributed by atoms with E-state index in [4.69, 9.17) is 5.41 Å². The predicted octanol–water partition coefficient (Wildman–Crippen LogP) is 4.30. The summed E-state index contributed by atoms with van der Waals surface area (Å²) in [6, 6.07) is 12.0. The average Bonchev–Trinajstić information content (AvgIpc) is 3.33. The number of amides is 1. The number of nitrogens with one attached hydrogen (secondary N) is 1. The average molecular weight is 444 g/mol. The van der Waals surface area contributed by atoms with Gasteiger partial charge in [-0.1, -0.05) is 12.1 Å². The summed E-state index contributed by atoms with van der Waals surface area (Å²) >= 11 is 1.22. The maximum absolute atomic E-state index is 14.4. The van der Waals surface area contributed by atoms with E-state index < -0.39 is 5.91 Å². The van der Waals surface area contributed by atoms with Gasteiger partial charge in [-0.15, -0.1) is 0 Å². The van der Waals surface area contributed by atoms with E-state index in [1.165, 1.54) is 22.8 Å². The summed E-state index contributed by atoms with van der Waals surface area (Å²) in [6.07, 6.45) is 4.95. The Morgan fingerprint density at radius 3 is 2.72 bits per heavy atom. The van der Waals surface area contributed by atoms with Crippen LogP contribution in [0.15, 0.2) is 70.5 Å². The molecule has 4 heterocycles. The summed E-state index contributed by atoms with van der Waals surface area (Å²) < 4.78 is 16.2. The summed E-state index contributed by atoms with van der Waals surface area (Å²) in [4.78, 5) is 21.0. The van der Waals surface area contributed by atoms with Crippen molar-refractivity contribution in [1.82, 2.24) is 14.6 Å². The van der Waals surface area contributed by atoms with Gasteiger partial charge in [0.05, 0.1) is 11.3 Å². The quantitative estimate of drug-likeness (QED) is 0.611. The summed E-state index contributed by atoms with van der Waals surface area (Å²) in [5, 5.41) is 15.4. The number of fused-ring (bicyclic) bond motifs is 1. The van der Waals surface area contributed by atoms with Crippen molar-refractivity contribution in [2.75, 3.05) is 0 Å². The van der Waals surface area contributed by atoms with Gasteiger partial charge in [0.15, 0.2) is 5.84 Å². The maximum atomic E-state index is 14.4. The molecule has 7 nitrogen and oxygen atoms in total. The van der Waals surface area contributed by atoms with Crippen molar-refractivity contribution in [2.45, 2.75) is 13.8 Å². The van der Waals surface area contributed by atoms with Crippen LogP contribution >= 0.6 is 11.8 Å². The third-order valence-electron chi connectivity index (χ3n) is 5.23. The minimum absolute atomic E-state index is 0.0536. The molecule has 1 amide bonds. The van der Waals surface area contributed by atoms with Crippen LogP contribution in [-0.2, 0) is 4.79 Å². The van der Waals surface area contributed by atoms with E-state index in [0.29, 0.717) is 21.5 Å². The molecule has 0 aliphatic carbocycles. The Balaban J connectivity index is 1.53.